The van der Waals surface area contributed by atoms with Crippen LogP contribution in [-0.4, -0.2) is 50.9 Å². The van der Waals surface area contributed by atoms with Crippen LogP contribution in [-0.2, 0) is 4.79 Å². The number of rotatable bonds is 7. The lowest BCUT2D eigenvalue weighted by Crippen LogP contribution is -2.34. The molecule has 2 rings (SSSR count). The first-order valence-corrected chi connectivity index (χ1v) is 8.52. The Morgan fingerprint density at radius 1 is 1.38 bits per heavy atom. The van der Waals surface area contributed by atoms with E-state index in [9.17, 15) is 9.59 Å². The Kier molecular flexibility index (Phi) is 6.50. The van der Waals surface area contributed by atoms with E-state index in [4.69, 9.17) is 9.84 Å². The van der Waals surface area contributed by atoms with Crippen molar-refractivity contribution in [3.63, 3.8) is 0 Å². The molecule has 2 unspecified atom stereocenters. The van der Waals surface area contributed by atoms with Crippen LogP contribution in [0.1, 0.15) is 20.3 Å². The molecule has 2 aromatic rings. The van der Waals surface area contributed by atoms with Gasteiger partial charge in [0.05, 0.1) is 17.3 Å². The quantitative estimate of drug-likeness (QED) is 0.531. The number of tetrazole rings is 1. The smallest absolute Gasteiger partial charge is 0.404 e. The van der Waals surface area contributed by atoms with E-state index in [0.717, 1.165) is 0 Å². The molecular formula is C15H19BrN6O4. The maximum atomic E-state index is 12.5. The highest BCUT2D eigenvalue weighted by Gasteiger charge is 2.21. The Morgan fingerprint density at radius 3 is 2.69 bits per heavy atom. The Balaban J connectivity index is 2.21. The monoisotopic (exact) mass is 426 g/mol. The van der Waals surface area contributed by atoms with Crippen LogP contribution in [0.25, 0.3) is 11.4 Å². The molecule has 0 aliphatic heterocycles. The second-order valence-corrected chi connectivity index (χ2v) is 6.60. The lowest BCUT2D eigenvalue weighted by molar-refractivity contribution is -0.119. The molecule has 0 spiro atoms. The van der Waals surface area contributed by atoms with Gasteiger partial charge < -0.3 is 20.5 Å². The summed E-state index contributed by atoms with van der Waals surface area (Å²) in [4.78, 5) is 23.2. The number of hydrogen-bond donors (Lipinski definition) is 4. The van der Waals surface area contributed by atoms with Crippen molar-refractivity contribution in [1.82, 2.24) is 25.9 Å². The maximum absolute atomic E-state index is 12.5. The third-order valence-electron chi connectivity index (χ3n) is 3.66. The number of ether oxygens (including phenoxy) is 1. The van der Waals surface area contributed by atoms with Crippen molar-refractivity contribution in [2.24, 2.45) is 5.92 Å². The lowest BCUT2D eigenvalue weighted by Gasteiger charge is -2.18. The van der Waals surface area contributed by atoms with Crippen molar-refractivity contribution in [1.29, 1.82) is 0 Å². The summed E-state index contributed by atoms with van der Waals surface area (Å²) in [5.41, 5.74) is 1.02. The minimum absolute atomic E-state index is 0.266. The summed E-state index contributed by atoms with van der Waals surface area (Å²) >= 11 is 3.39. The van der Waals surface area contributed by atoms with E-state index >= 15 is 0 Å². The molecule has 0 bridgehead atoms. The van der Waals surface area contributed by atoms with Crippen LogP contribution in [0.15, 0.2) is 16.6 Å². The molecule has 0 saturated heterocycles. The number of carbonyl (C=O) groups excluding carboxylic acids is 1. The van der Waals surface area contributed by atoms with E-state index in [-0.39, 0.29) is 11.9 Å². The summed E-state index contributed by atoms with van der Waals surface area (Å²) in [6, 6.07) is 3.02. The number of H-pyrrole nitrogens is 1. The van der Waals surface area contributed by atoms with Crippen molar-refractivity contribution in [3.05, 3.63) is 16.6 Å². The van der Waals surface area contributed by atoms with Crippen LogP contribution in [0, 0.1) is 5.92 Å². The number of aromatic nitrogens is 4. The van der Waals surface area contributed by atoms with E-state index in [2.05, 4.69) is 47.2 Å². The fourth-order valence-electron chi connectivity index (χ4n) is 2.44. The molecule has 11 heteroatoms. The van der Waals surface area contributed by atoms with Crippen molar-refractivity contribution in [3.8, 4) is 17.1 Å². The average molecular weight is 427 g/mol. The first-order valence-electron chi connectivity index (χ1n) is 7.73. The minimum atomic E-state index is -1.12. The summed E-state index contributed by atoms with van der Waals surface area (Å²) in [5.74, 6) is 0.154. The van der Waals surface area contributed by atoms with E-state index < -0.39 is 12.0 Å². The van der Waals surface area contributed by atoms with Gasteiger partial charge in [0.25, 0.3) is 0 Å². The number of anilines is 1. The van der Waals surface area contributed by atoms with Crippen LogP contribution < -0.4 is 15.4 Å². The van der Waals surface area contributed by atoms with Gasteiger partial charge in [-0.25, -0.2) is 4.79 Å². The molecule has 4 N–H and O–H groups in total. The molecule has 0 fully saturated rings. The van der Waals surface area contributed by atoms with E-state index in [1.807, 2.05) is 0 Å². The number of amides is 2. The van der Waals surface area contributed by atoms with Crippen molar-refractivity contribution >= 4 is 33.6 Å². The molecule has 26 heavy (non-hydrogen) atoms. The van der Waals surface area contributed by atoms with Gasteiger partial charge in [-0.3, -0.25) is 4.79 Å². The average Bonchev–Trinajstić information content (AvgIpc) is 3.09. The molecule has 140 valence electrons. The zero-order valence-electron chi connectivity index (χ0n) is 14.4. The maximum Gasteiger partial charge on any atom is 0.404 e. The Bertz CT molecular complexity index is 783. The van der Waals surface area contributed by atoms with Gasteiger partial charge in [-0.15, -0.1) is 10.2 Å². The van der Waals surface area contributed by atoms with Gasteiger partial charge in [-0.2, -0.15) is 5.21 Å². The number of nitrogens with one attached hydrogen (secondary N) is 3. The van der Waals surface area contributed by atoms with Gasteiger partial charge in [-0.05, 0) is 40.6 Å². The number of aromatic amines is 1. The SMILES string of the molecule is COc1cc(NC(=O)C(C)CC(C)NC(=O)O)c(-c2nn[nH]n2)cc1Br. The van der Waals surface area contributed by atoms with Gasteiger partial charge in [-0.1, -0.05) is 6.92 Å². The zero-order chi connectivity index (χ0) is 19.3. The van der Waals surface area contributed by atoms with Gasteiger partial charge in [0.15, 0.2) is 0 Å². The molecule has 0 saturated carbocycles. The van der Waals surface area contributed by atoms with E-state index in [0.29, 0.717) is 33.7 Å². The van der Waals surface area contributed by atoms with Crippen LogP contribution >= 0.6 is 15.9 Å². The topological polar surface area (TPSA) is 142 Å². The number of hydrogen-bond acceptors (Lipinski definition) is 6. The molecular weight excluding hydrogens is 408 g/mol. The number of halogens is 1. The molecule has 1 aromatic carbocycles. The van der Waals surface area contributed by atoms with Crippen molar-refractivity contribution in [2.45, 2.75) is 26.3 Å². The fraction of sp³-hybridized carbons (Fsp3) is 0.400. The highest BCUT2D eigenvalue weighted by molar-refractivity contribution is 9.10. The molecule has 0 radical (unpaired) electrons. The summed E-state index contributed by atoms with van der Waals surface area (Å²) in [7, 11) is 1.52. The minimum Gasteiger partial charge on any atom is -0.495 e. The molecule has 0 aliphatic carbocycles. The van der Waals surface area contributed by atoms with Crippen molar-refractivity contribution < 1.29 is 19.4 Å². The first-order chi connectivity index (χ1) is 12.3. The number of carbonyl (C=O) groups is 2. The second-order valence-electron chi connectivity index (χ2n) is 5.74. The summed E-state index contributed by atoms with van der Waals surface area (Å²) < 4.78 is 5.94. The van der Waals surface area contributed by atoms with Gasteiger partial charge >= 0.3 is 6.09 Å². The molecule has 1 heterocycles. The van der Waals surface area contributed by atoms with Crippen LogP contribution in [0.2, 0.25) is 0 Å². The Hall–Kier alpha value is -2.69. The number of nitrogens with zero attached hydrogens (tertiary/aromatic N) is 3. The number of methoxy groups -OCH3 is 1. The highest BCUT2D eigenvalue weighted by Crippen LogP contribution is 2.36. The van der Waals surface area contributed by atoms with Crippen LogP contribution in [0.4, 0.5) is 10.5 Å². The van der Waals surface area contributed by atoms with Crippen LogP contribution in [0.5, 0.6) is 5.75 Å². The van der Waals surface area contributed by atoms with Gasteiger partial charge in [0, 0.05) is 23.6 Å². The largest absolute Gasteiger partial charge is 0.495 e. The third-order valence-corrected chi connectivity index (χ3v) is 4.28. The Morgan fingerprint density at radius 2 is 2.12 bits per heavy atom. The second kappa shape index (κ2) is 8.61. The standard InChI is InChI=1S/C15H19BrN6O4/c1-7(4-8(2)17-15(24)25)14(23)18-11-6-12(26-3)10(16)5-9(11)13-19-21-22-20-13/h5-8,17H,4H2,1-3H3,(H,18,23)(H,24,25)(H,19,20,21,22). The predicted molar refractivity (Wildman–Crippen MR) is 96.9 cm³/mol. The van der Waals surface area contributed by atoms with E-state index in [1.54, 1.807) is 26.0 Å². The molecule has 2 amide bonds. The predicted octanol–water partition coefficient (Wildman–Crippen LogP) is 2.26. The third kappa shape index (κ3) is 4.91. The molecule has 1 aromatic heterocycles. The van der Waals surface area contributed by atoms with Crippen molar-refractivity contribution in [2.75, 3.05) is 12.4 Å². The summed E-state index contributed by atoms with van der Waals surface area (Å²) in [5, 5.41) is 27.7. The Labute approximate surface area is 157 Å². The normalized spacial score (nSPS) is 12.9. The molecule has 2 atom stereocenters. The zero-order valence-corrected chi connectivity index (χ0v) is 16.0. The highest BCUT2D eigenvalue weighted by atomic mass is 79.9. The molecule has 0 aliphatic rings. The summed E-state index contributed by atoms with van der Waals surface area (Å²) in [6.45, 7) is 3.42. The molecule has 10 nitrogen and oxygen atoms in total. The van der Waals surface area contributed by atoms with Crippen LogP contribution in [0.3, 0.4) is 0 Å². The first kappa shape index (κ1) is 19.6. The lowest BCUT2D eigenvalue weighted by atomic mass is 10.0. The van der Waals surface area contributed by atoms with Gasteiger partial charge in [0.2, 0.25) is 11.7 Å². The van der Waals surface area contributed by atoms with E-state index in [1.165, 1.54) is 7.11 Å². The fourth-order valence-corrected chi connectivity index (χ4v) is 2.94. The number of carboxylic acid groups (broad SMARTS) is 1. The van der Waals surface area contributed by atoms with Gasteiger partial charge in [0.1, 0.15) is 5.75 Å². The number of benzene rings is 1. The summed E-state index contributed by atoms with van der Waals surface area (Å²) in [6.07, 6.45) is -0.772.